The highest BCUT2D eigenvalue weighted by atomic mass is 16.2. The number of carbonyl (C=O) groups excluding carboxylic acids is 2. The van der Waals surface area contributed by atoms with E-state index in [-0.39, 0.29) is 41.8 Å². The predicted octanol–water partition coefficient (Wildman–Crippen LogP) is 2.24. The van der Waals surface area contributed by atoms with Crippen LogP contribution in [-0.2, 0) is 9.59 Å². The molecule has 32 heavy (non-hydrogen) atoms. The number of hydrogen-bond acceptors (Lipinski definition) is 5. The number of nitrogens with one attached hydrogen (secondary N) is 4. The second kappa shape index (κ2) is 9.98. The van der Waals surface area contributed by atoms with Crippen LogP contribution in [0.5, 0.6) is 0 Å². The maximum Gasteiger partial charge on any atom is 0.225 e. The summed E-state index contributed by atoms with van der Waals surface area (Å²) in [4.78, 5) is 26.0. The highest BCUT2D eigenvalue weighted by molar-refractivity contribution is 5.83. The minimum Gasteiger partial charge on any atom is -0.355 e. The minimum absolute atomic E-state index is 0.0162. The Morgan fingerprint density at radius 1 is 1.09 bits per heavy atom. The Morgan fingerprint density at radius 2 is 1.84 bits per heavy atom. The first-order valence-electron chi connectivity index (χ1n) is 13.1. The zero-order valence-electron chi connectivity index (χ0n) is 20.7. The van der Waals surface area contributed by atoms with E-state index < -0.39 is 0 Å². The van der Waals surface area contributed by atoms with Crippen LogP contribution in [0.2, 0.25) is 0 Å². The Bertz CT molecular complexity index is 685. The van der Waals surface area contributed by atoms with E-state index in [4.69, 9.17) is 0 Å². The highest BCUT2D eigenvalue weighted by Crippen LogP contribution is 2.40. The van der Waals surface area contributed by atoms with Gasteiger partial charge in [-0.25, -0.2) is 5.01 Å². The number of hydrazine groups is 1. The number of nitrogens with zero attached hydrogens (tertiary/aromatic N) is 1. The van der Waals surface area contributed by atoms with Gasteiger partial charge in [-0.05, 0) is 57.8 Å². The van der Waals surface area contributed by atoms with Crippen LogP contribution in [0.3, 0.4) is 0 Å². The van der Waals surface area contributed by atoms with Crippen molar-refractivity contribution in [1.82, 2.24) is 26.4 Å². The molecule has 7 heteroatoms. The van der Waals surface area contributed by atoms with E-state index in [0.717, 1.165) is 19.4 Å². The Morgan fingerprint density at radius 3 is 2.53 bits per heavy atom. The molecule has 4 fully saturated rings. The molecule has 4 aliphatic rings. The topological polar surface area (TPSA) is 85.5 Å². The molecule has 3 heterocycles. The van der Waals surface area contributed by atoms with E-state index in [1.165, 1.54) is 25.7 Å². The molecule has 182 valence electrons. The summed E-state index contributed by atoms with van der Waals surface area (Å²) in [6, 6.07) is 0.971. The minimum atomic E-state index is -0.129. The Labute approximate surface area is 194 Å². The first-order valence-corrected chi connectivity index (χ1v) is 13.1. The normalized spacial score (nSPS) is 43.1. The van der Waals surface area contributed by atoms with Crippen molar-refractivity contribution in [3.8, 4) is 0 Å². The van der Waals surface area contributed by atoms with Gasteiger partial charge in [0.25, 0.3) is 0 Å². The monoisotopic (exact) mass is 447 g/mol. The summed E-state index contributed by atoms with van der Waals surface area (Å²) in [5.74, 6) is 1.97. The van der Waals surface area contributed by atoms with Gasteiger partial charge in [-0.15, -0.1) is 0 Å². The fourth-order valence-corrected chi connectivity index (χ4v) is 7.00. The summed E-state index contributed by atoms with van der Waals surface area (Å²) in [6.45, 7) is 12.3. The van der Waals surface area contributed by atoms with Gasteiger partial charge in [0, 0.05) is 43.1 Å². The second-order valence-electron chi connectivity index (χ2n) is 11.5. The fourth-order valence-electron chi connectivity index (χ4n) is 7.00. The summed E-state index contributed by atoms with van der Waals surface area (Å²) in [6.07, 6.45) is 7.26. The second-order valence-corrected chi connectivity index (χ2v) is 11.5. The number of fused-ring (bicyclic) bond motifs is 1. The molecule has 0 aromatic rings. The van der Waals surface area contributed by atoms with Gasteiger partial charge < -0.3 is 10.6 Å². The van der Waals surface area contributed by atoms with E-state index in [9.17, 15) is 9.59 Å². The van der Waals surface area contributed by atoms with Crippen molar-refractivity contribution in [3.05, 3.63) is 0 Å². The number of piperidine rings is 2. The third-order valence-electron chi connectivity index (χ3n) is 8.85. The lowest BCUT2D eigenvalue weighted by molar-refractivity contribution is -0.132. The molecular weight excluding hydrogens is 402 g/mol. The first kappa shape index (κ1) is 24.0. The van der Waals surface area contributed by atoms with Crippen molar-refractivity contribution in [3.63, 3.8) is 0 Å². The molecule has 1 saturated carbocycles. The van der Waals surface area contributed by atoms with Crippen LogP contribution in [0.4, 0.5) is 0 Å². The van der Waals surface area contributed by atoms with Gasteiger partial charge in [0.1, 0.15) is 0 Å². The molecule has 0 spiro atoms. The van der Waals surface area contributed by atoms with Gasteiger partial charge >= 0.3 is 0 Å². The van der Waals surface area contributed by atoms with Crippen molar-refractivity contribution in [2.45, 2.75) is 97.4 Å². The third-order valence-corrected chi connectivity index (χ3v) is 8.85. The highest BCUT2D eigenvalue weighted by Gasteiger charge is 2.49. The van der Waals surface area contributed by atoms with Gasteiger partial charge in [-0.3, -0.25) is 20.3 Å². The molecule has 4 N–H and O–H groups in total. The summed E-state index contributed by atoms with van der Waals surface area (Å²) < 4.78 is 0. The first-order chi connectivity index (χ1) is 15.3. The lowest BCUT2D eigenvalue weighted by atomic mass is 9.70. The third kappa shape index (κ3) is 4.85. The number of hydrogen-bond donors (Lipinski definition) is 4. The molecule has 9 unspecified atom stereocenters. The zero-order valence-corrected chi connectivity index (χ0v) is 20.7. The smallest absolute Gasteiger partial charge is 0.225 e. The van der Waals surface area contributed by atoms with Crippen molar-refractivity contribution in [2.24, 2.45) is 35.5 Å². The van der Waals surface area contributed by atoms with E-state index in [1.54, 1.807) is 0 Å². The molecule has 0 aromatic carbocycles. The molecule has 9 atom stereocenters. The van der Waals surface area contributed by atoms with Crippen LogP contribution in [0.15, 0.2) is 0 Å². The van der Waals surface area contributed by atoms with Crippen LogP contribution in [0.25, 0.3) is 0 Å². The Balaban J connectivity index is 1.46. The average molecular weight is 448 g/mol. The van der Waals surface area contributed by atoms with Gasteiger partial charge in [0.05, 0.1) is 12.1 Å². The maximum atomic E-state index is 13.5. The van der Waals surface area contributed by atoms with Crippen LogP contribution in [-0.4, -0.2) is 54.2 Å². The van der Waals surface area contributed by atoms with Crippen molar-refractivity contribution < 1.29 is 9.59 Å². The summed E-state index contributed by atoms with van der Waals surface area (Å²) in [5.41, 5.74) is 3.57. The summed E-state index contributed by atoms with van der Waals surface area (Å²) in [5, 5.41) is 12.6. The molecule has 0 aromatic heterocycles. The number of amides is 2. The summed E-state index contributed by atoms with van der Waals surface area (Å²) in [7, 11) is 0. The predicted molar refractivity (Wildman–Crippen MR) is 126 cm³/mol. The molecule has 2 amide bonds. The average Bonchev–Trinajstić information content (AvgIpc) is 3.16. The number of carbonyl (C=O) groups is 2. The number of rotatable bonds is 5. The van der Waals surface area contributed by atoms with Crippen LogP contribution in [0, 0.1) is 35.5 Å². The van der Waals surface area contributed by atoms with E-state index >= 15 is 0 Å². The SMILES string of the molecule is CC1CC(C)C(CNC(=O)C2CC(C3CCCCC3C)NC3C2CNN3C(C)C)C(=O)N1. The van der Waals surface area contributed by atoms with Crippen LogP contribution < -0.4 is 21.4 Å². The van der Waals surface area contributed by atoms with Gasteiger partial charge in [-0.1, -0.05) is 33.1 Å². The molecule has 0 bridgehead atoms. The van der Waals surface area contributed by atoms with E-state index in [0.29, 0.717) is 36.4 Å². The molecule has 3 aliphatic heterocycles. The van der Waals surface area contributed by atoms with E-state index in [1.807, 2.05) is 0 Å². The van der Waals surface area contributed by atoms with Crippen LogP contribution in [0.1, 0.15) is 73.1 Å². The fraction of sp³-hybridized carbons (Fsp3) is 0.920. The largest absolute Gasteiger partial charge is 0.355 e. The Kier molecular flexibility index (Phi) is 7.47. The van der Waals surface area contributed by atoms with Crippen molar-refractivity contribution in [1.29, 1.82) is 0 Å². The Hall–Kier alpha value is -1.18. The van der Waals surface area contributed by atoms with Gasteiger partial charge in [-0.2, -0.15) is 0 Å². The molecule has 1 aliphatic carbocycles. The zero-order chi connectivity index (χ0) is 23.0. The summed E-state index contributed by atoms with van der Waals surface area (Å²) >= 11 is 0. The lowest BCUT2D eigenvalue weighted by Gasteiger charge is -2.46. The van der Waals surface area contributed by atoms with Gasteiger partial charge in [0.2, 0.25) is 11.8 Å². The molecular formula is C25H45N5O2. The molecule has 4 rings (SSSR count). The van der Waals surface area contributed by atoms with Crippen LogP contribution >= 0.6 is 0 Å². The standard InChI is InChI=1S/C25H45N5O2/c1-14(2)30-23-21(13-27-30)19(11-22(29-23)18-9-7-6-8-15(18)3)24(31)26-12-20-16(4)10-17(5)28-25(20)32/h14-23,27,29H,6-13H2,1-5H3,(H,26,31)(H,28,32). The van der Waals surface area contributed by atoms with Gasteiger partial charge in [0.15, 0.2) is 0 Å². The van der Waals surface area contributed by atoms with Crippen molar-refractivity contribution in [2.75, 3.05) is 13.1 Å². The molecule has 7 nitrogen and oxygen atoms in total. The van der Waals surface area contributed by atoms with Crippen molar-refractivity contribution >= 4 is 11.8 Å². The quantitative estimate of drug-likeness (QED) is 0.519. The van der Waals surface area contributed by atoms with E-state index in [2.05, 4.69) is 61.0 Å². The molecule has 3 saturated heterocycles. The molecule has 0 radical (unpaired) electrons. The lowest BCUT2D eigenvalue weighted by Crippen LogP contribution is -2.62. The maximum absolute atomic E-state index is 13.5.